The van der Waals surface area contributed by atoms with Gasteiger partial charge in [0.05, 0.1) is 14.2 Å². The minimum absolute atomic E-state index is 0.131. The molecule has 1 atom stereocenters. The number of aliphatic hydroxyl groups excluding tert-OH is 1. The van der Waals surface area contributed by atoms with Crippen LogP contribution < -0.4 is 9.47 Å². The van der Waals surface area contributed by atoms with Crippen molar-refractivity contribution in [2.45, 2.75) is 19.4 Å². The molecule has 1 aliphatic rings. The maximum Gasteiger partial charge on any atom is 0.345 e. The van der Waals surface area contributed by atoms with Gasteiger partial charge in [-0.05, 0) is 31.2 Å². The van der Waals surface area contributed by atoms with Crippen LogP contribution in [0.4, 0.5) is 0 Å². The number of aliphatic hydroxyl groups is 1. The van der Waals surface area contributed by atoms with Crippen molar-refractivity contribution in [2.75, 3.05) is 14.2 Å². The molecule has 0 spiro atoms. The topological polar surface area (TPSA) is 82.1 Å². The highest BCUT2D eigenvalue weighted by atomic mass is 16.5. The Morgan fingerprint density at radius 2 is 2.09 bits per heavy atom. The van der Waals surface area contributed by atoms with Crippen LogP contribution in [-0.2, 0) is 14.3 Å². The first-order chi connectivity index (χ1) is 11.0. The Morgan fingerprint density at radius 1 is 1.35 bits per heavy atom. The van der Waals surface area contributed by atoms with Gasteiger partial charge in [0.1, 0.15) is 28.9 Å². The lowest BCUT2D eigenvalue weighted by Gasteiger charge is -2.20. The van der Waals surface area contributed by atoms with Gasteiger partial charge < -0.3 is 19.3 Å². The van der Waals surface area contributed by atoms with Gasteiger partial charge in [-0.25, -0.2) is 4.79 Å². The summed E-state index contributed by atoms with van der Waals surface area (Å²) >= 11 is 0. The van der Waals surface area contributed by atoms with E-state index in [0.29, 0.717) is 17.1 Å². The standard InChI is InChI=1S/C17H18O6/c1-10-8-14(19)16(17(20)23-10)13(18)7-5-11-4-6-12(21-2)9-15(11)22-3/h4-7,9-10,19H,8H2,1-3H3/b7-5+. The Labute approximate surface area is 134 Å². The van der Waals surface area contributed by atoms with Gasteiger partial charge >= 0.3 is 5.97 Å². The van der Waals surface area contributed by atoms with Gasteiger partial charge in [0.15, 0.2) is 5.78 Å². The molecule has 2 rings (SSSR count). The normalized spacial score (nSPS) is 18.0. The molecule has 1 aromatic rings. The molecule has 0 saturated carbocycles. The molecule has 1 N–H and O–H groups in total. The molecular weight excluding hydrogens is 300 g/mol. The molecule has 6 nitrogen and oxygen atoms in total. The summed E-state index contributed by atoms with van der Waals surface area (Å²) in [5.74, 6) is -0.526. The first-order valence-electron chi connectivity index (χ1n) is 7.03. The number of hydrogen-bond donors (Lipinski definition) is 1. The van der Waals surface area contributed by atoms with E-state index in [1.54, 1.807) is 32.2 Å². The van der Waals surface area contributed by atoms with Crippen molar-refractivity contribution >= 4 is 17.8 Å². The number of benzene rings is 1. The van der Waals surface area contributed by atoms with Crippen LogP contribution in [0.3, 0.4) is 0 Å². The number of carbonyl (C=O) groups is 2. The largest absolute Gasteiger partial charge is 0.511 e. The van der Waals surface area contributed by atoms with Crippen LogP contribution in [0, 0.1) is 0 Å². The summed E-state index contributed by atoms with van der Waals surface area (Å²) in [5.41, 5.74) is 0.311. The smallest absolute Gasteiger partial charge is 0.345 e. The number of rotatable bonds is 5. The van der Waals surface area contributed by atoms with E-state index in [1.807, 2.05) is 0 Å². The highest BCUT2D eigenvalue weighted by molar-refractivity contribution is 6.23. The number of methoxy groups -OCH3 is 2. The highest BCUT2D eigenvalue weighted by Gasteiger charge is 2.30. The van der Waals surface area contributed by atoms with E-state index in [1.165, 1.54) is 19.3 Å². The van der Waals surface area contributed by atoms with E-state index in [-0.39, 0.29) is 17.8 Å². The molecule has 1 aromatic carbocycles. The maximum absolute atomic E-state index is 12.2. The second kappa shape index (κ2) is 7.00. The SMILES string of the molecule is COc1ccc(/C=C/C(=O)C2=C(O)CC(C)OC2=O)c(OC)c1. The molecular formula is C17H18O6. The third-order valence-corrected chi connectivity index (χ3v) is 3.38. The Kier molecular flexibility index (Phi) is 5.05. The van der Waals surface area contributed by atoms with Gasteiger partial charge in [0.25, 0.3) is 0 Å². The summed E-state index contributed by atoms with van der Waals surface area (Å²) < 4.78 is 15.3. The van der Waals surface area contributed by atoms with E-state index < -0.39 is 17.9 Å². The lowest BCUT2D eigenvalue weighted by Crippen LogP contribution is -2.27. The predicted octanol–water partition coefficient (Wildman–Crippen LogP) is 2.43. The molecule has 0 aromatic heterocycles. The lowest BCUT2D eigenvalue weighted by atomic mass is 10.0. The van der Waals surface area contributed by atoms with Gasteiger partial charge in [-0.2, -0.15) is 0 Å². The lowest BCUT2D eigenvalue weighted by molar-refractivity contribution is -0.146. The van der Waals surface area contributed by atoms with Gasteiger partial charge in [-0.1, -0.05) is 0 Å². The van der Waals surface area contributed by atoms with Crippen molar-refractivity contribution in [1.82, 2.24) is 0 Å². The van der Waals surface area contributed by atoms with E-state index in [4.69, 9.17) is 14.2 Å². The maximum atomic E-state index is 12.2. The summed E-state index contributed by atoms with van der Waals surface area (Å²) in [6.07, 6.45) is 2.40. The zero-order chi connectivity index (χ0) is 17.0. The zero-order valence-electron chi connectivity index (χ0n) is 13.2. The van der Waals surface area contributed by atoms with Crippen molar-refractivity contribution in [1.29, 1.82) is 0 Å². The van der Waals surface area contributed by atoms with Crippen molar-refractivity contribution in [3.63, 3.8) is 0 Å². The summed E-state index contributed by atoms with van der Waals surface area (Å²) in [7, 11) is 3.04. The monoisotopic (exact) mass is 318 g/mol. The van der Waals surface area contributed by atoms with E-state index in [9.17, 15) is 14.7 Å². The Morgan fingerprint density at radius 3 is 2.70 bits per heavy atom. The van der Waals surface area contributed by atoms with Crippen LogP contribution in [0.5, 0.6) is 11.5 Å². The molecule has 0 aliphatic carbocycles. The number of hydrogen-bond acceptors (Lipinski definition) is 6. The second-order valence-electron chi connectivity index (χ2n) is 5.05. The number of ketones is 1. The Bertz CT molecular complexity index is 686. The van der Waals surface area contributed by atoms with Gasteiger partial charge in [-0.3, -0.25) is 4.79 Å². The van der Waals surface area contributed by atoms with Crippen LogP contribution in [0.2, 0.25) is 0 Å². The fraction of sp³-hybridized carbons (Fsp3) is 0.294. The second-order valence-corrected chi connectivity index (χ2v) is 5.05. The molecule has 0 amide bonds. The molecule has 0 fully saturated rings. The number of allylic oxidation sites excluding steroid dienone is 1. The number of ether oxygens (including phenoxy) is 3. The van der Waals surface area contributed by atoms with Gasteiger partial charge in [-0.15, -0.1) is 0 Å². The van der Waals surface area contributed by atoms with E-state index in [2.05, 4.69) is 0 Å². The molecule has 0 bridgehead atoms. The molecule has 1 heterocycles. The first kappa shape index (κ1) is 16.6. The third-order valence-electron chi connectivity index (χ3n) is 3.38. The van der Waals surface area contributed by atoms with Crippen LogP contribution in [0.15, 0.2) is 35.6 Å². The summed E-state index contributed by atoms with van der Waals surface area (Å²) in [6, 6.07) is 5.12. The Balaban J connectivity index is 2.25. The van der Waals surface area contributed by atoms with Crippen LogP contribution in [-0.4, -0.2) is 37.2 Å². The number of cyclic esters (lactones) is 1. The first-order valence-corrected chi connectivity index (χ1v) is 7.03. The van der Waals surface area contributed by atoms with Crippen LogP contribution >= 0.6 is 0 Å². The quantitative estimate of drug-likeness (QED) is 0.510. The van der Waals surface area contributed by atoms with E-state index in [0.717, 1.165) is 0 Å². The number of esters is 1. The van der Waals surface area contributed by atoms with Gasteiger partial charge in [0.2, 0.25) is 0 Å². The van der Waals surface area contributed by atoms with Crippen LogP contribution in [0.1, 0.15) is 18.9 Å². The molecule has 1 unspecified atom stereocenters. The number of carbonyl (C=O) groups excluding carboxylic acids is 2. The third kappa shape index (κ3) is 3.71. The zero-order valence-corrected chi connectivity index (χ0v) is 13.2. The molecule has 23 heavy (non-hydrogen) atoms. The van der Waals surface area contributed by atoms with Crippen molar-refractivity contribution < 1.29 is 28.9 Å². The van der Waals surface area contributed by atoms with Crippen LogP contribution in [0.25, 0.3) is 6.08 Å². The fourth-order valence-electron chi connectivity index (χ4n) is 2.22. The average molecular weight is 318 g/mol. The molecule has 122 valence electrons. The van der Waals surface area contributed by atoms with E-state index >= 15 is 0 Å². The molecule has 0 saturated heterocycles. The molecule has 1 aliphatic heterocycles. The minimum Gasteiger partial charge on any atom is -0.511 e. The minimum atomic E-state index is -0.808. The fourth-order valence-corrected chi connectivity index (χ4v) is 2.22. The van der Waals surface area contributed by atoms with Gasteiger partial charge in [0, 0.05) is 18.1 Å². The van der Waals surface area contributed by atoms with Crippen molar-refractivity contribution in [2.24, 2.45) is 0 Å². The summed E-state index contributed by atoms with van der Waals surface area (Å²) in [5, 5.41) is 9.83. The summed E-state index contributed by atoms with van der Waals surface area (Å²) in [6.45, 7) is 1.65. The Hall–Kier alpha value is -2.76. The molecule has 0 radical (unpaired) electrons. The highest BCUT2D eigenvalue weighted by Crippen LogP contribution is 2.26. The average Bonchev–Trinajstić information content (AvgIpc) is 2.51. The van der Waals surface area contributed by atoms with Crippen molar-refractivity contribution in [3.05, 3.63) is 41.2 Å². The molecule has 6 heteroatoms. The predicted molar refractivity (Wildman–Crippen MR) is 83.4 cm³/mol. The summed E-state index contributed by atoms with van der Waals surface area (Å²) in [4.78, 5) is 23.9. The van der Waals surface area contributed by atoms with Crippen molar-refractivity contribution in [3.8, 4) is 11.5 Å².